The molecule has 0 aromatic rings. The van der Waals surface area contributed by atoms with Crippen molar-refractivity contribution >= 4 is 36.0 Å². The highest BCUT2D eigenvalue weighted by atomic mass is 35.5. The molecule has 5 nitrogen and oxygen atoms in total. The van der Waals surface area contributed by atoms with Crippen molar-refractivity contribution < 1.29 is 9.59 Å². The molecule has 1 N–H and O–H groups in total. The van der Waals surface area contributed by atoms with E-state index in [1.54, 1.807) is 23.7 Å². The summed E-state index contributed by atoms with van der Waals surface area (Å²) in [6.45, 7) is 3.52. The average molecular weight is 308 g/mol. The van der Waals surface area contributed by atoms with Gasteiger partial charge in [0.15, 0.2) is 0 Å². The maximum Gasteiger partial charge on any atom is 0.246 e. The van der Waals surface area contributed by atoms with Crippen molar-refractivity contribution in [1.82, 2.24) is 15.1 Å². The molecule has 0 radical (unpaired) electrons. The molecular weight excluding hydrogens is 286 g/mol. The third-order valence-corrected chi connectivity index (χ3v) is 5.31. The van der Waals surface area contributed by atoms with Crippen LogP contribution in [0, 0.1) is 0 Å². The molecule has 2 aliphatic heterocycles. The van der Waals surface area contributed by atoms with E-state index in [2.05, 4.69) is 12.2 Å². The molecular formula is C12H22ClN3O2S. The van der Waals surface area contributed by atoms with Gasteiger partial charge in [-0.2, -0.15) is 0 Å². The molecule has 19 heavy (non-hydrogen) atoms. The Balaban J connectivity index is 0.00000180. The SMILES string of the molecule is CNCCN(C)C(=O)C1CSC2(C)CCC(=O)N12.Cl. The van der Waals surface area contributed by atoms with Gasteiger partial charge in [-0.05, 0) is 20.4 Å². The van der Waals surface area contributed by atoms with Crippen LogP contribution in [-0.2, 0) is 9.59 Å². The van der Waals surface area contributed by atoms with E-state index >= 15 is 0 Å². The van der Waals surface area contributed by atoms with Crippen LogP contribution in [0.5, 0.6) is 0 Å². The Morgan fingerprint density at radius 3 is 2.95 bits per heavy atom. The number of rotatable bonds is 4. The van der Waals surface area contributed by atoms with Gasteiger partial charge in [0.25, 0.3) is 0 Å². The van der Waals surface area contributed by atoms with Gasteiger partial charge >= 0.3 is 0 Å². The number of hydrogen-bond donors (Lipinski definition) is 1. The second-order valence-corrected chi connectivity index (χ2v) is 6.63. The molecule has 0 bridgehead atoms. The number of halogens is 1. The molecule has 0 aliphatic carbocycles. The van der Waals surface area contributed by atoms with E-state index in [0.29, 0.717) is 13.0 Å². The molecule has 2 heterocycles. The van der Waals surface area contributed by atoms with Crippen LogP contribution in [0.3, 0.4) is 0 Å². The normalized spacial score (nSPS) is 29.1. The summed E-state index contributed by atoms with van der Waals surface area (Å²) in [7, 11) is 3.67. The number of carbonyl (C=O) groups excluding carboxylic acids is 2. The zero-order chi connectivity index (χ0) is 13.3. The molecule has 2 saturated heterocycles. The number of amides is 2. The minimum Gasteiger partial charge on any atom is -0.343 e. The zero-order valence-electron chi connectivity index (χ0n) is 11.6. The number of thioether (sulfide) groups is 1. The standard InChI is InChI=1S/C12H21N3O2S.ClH/c1-12-5-4-10(16)15(12)9(8-18-12)11(17)14(3)7-6-13-2;/h9,13H,4-8H2,1-3H3;1H. The molecule has 2 aliphatic rings. The first-order valence-electron chi connectivity index (χ1n) is 6.35. The fourth-order valence-electron chi connectivity index (χ4n) is 2.65. The molecule has 0 aromatic heterocycles. The lowest BCUT2D eigenvalue weighted by atomic mass is 10.2. The van der Waals surface area contributed by atoms with Gasteiger partial charge in [-0.15, -0.1) is 24.2 Å². The lowest BCUT2D eigenvalue weighted by Crippen LogP contribution is -2.51. The topological polar surface area (TPSA) is 52.7 Å². The zero-order valence-corrected chi connectivity index (χ0v) is 13.3. The van der Waals surface area contributed by atoms with Gasteiger partial charge in [-0.25, -0.2) is 0 Å². The Bertz CT molecular complexity index is 369. The Kier molecular flexibility index (Phi) is 5.53. The van der Waals surface area contributed by atoms with E-state index in [-0.39, 0.29) is 35.1 Å². The highest BCUT2D eigenvalue weighted by Crippen LogP contribution is 2.47. The van der Waals surface area contributed by atoms with Gasteiger partial charge in [-0.3, -0.25) is 9.59 Å². The van der Waals surface area contributed by atoms with Gasteiger partial charge in [-0.1, -0.05) is 0 Å². The predicted octanol–water partition coefficient (Wildman–Crippen LogP) is 0.540. The second kappa shape index (κ2) is 6.33. The van der Waals surface area contributed by atoms with Crippen LogP contribution < -0.4 is 5.32 Å². The van der Waals surface area contributed by atoms with Gasteiger partial charge < -0.3 is 15.1 Å². The van der Waals surface area contributed by atoms with E-state index in [1.807, 2.05) is 11.9 Å². The van der Waals surface area contributed by atoms with Gasteiger partial charge in [0.1, 0.15) is 6.04 Å². The molecule has 2 fully saturated rings. The molecule has 7 heteroatoms. The van der Waals surface area contributed by atoms with Crippen molar-refractivity contribution in [2.45, 2.75) is 30.7 Å². The molecule has 2 amide bonds. The van der Waals surface area contributed by atoms with Crippen molar-refractivity contribution in [2.24, 2.45) is 0 Å². The van der Waals surface area contributed by atoms with E-state index in [0.717, 1.165) is 18.7 Å². The molecule has 2 rings (SSSR count). The second-order valence-electron chi connectivity index (χ2n) is 5.13. The smallest absolute Gasteiger partial charge is 0.246 e. The monoisotopic (exact) mass is 307 g/mol. The quantitative estimate of drug-likeness (QED) is 0.824. The third-order valence-electron chi connectivity index (χ3n) is 3.80. The third kappa shape index (κ3) is 3.01. The summed E-state index contributed by atoms with van der Waals surface area (Å²) in [5.74, 6) is 0.921. The van der Waals surface area contributed by atoms with Crippen LogP contribution in [-0.4, -0.2) is 65.5 Å². The minimum absolute atomic E-state index is 0. The number of fused-ring (bicyclic) bond motifs is 1. The summed E-state index contributed by atoms with van der Waals surface area (Å²) in [4.78, 5) is 27.7. The fourth-order valence-corrected chi connectivity index (χ4v) is 4.07. The van der Waals surface area contributed by atoms with Crippen LogP contribution in [0.4, 0.5) is 0 Å². The number of carbonyl (C=O) groups is 2. The summed E-state index contributed by atoms with van der Waals surface area (Å²) in [6, 6.07) is -0.267. The molecule has 2 atom stereocenters. The van der Waals surface area contributed by atoms with Gasteiger partial charge in [0.05, 0.1) is 4.87 Å². The first-order chi connectivity index (χ1) is 8.49. The fraction of sp³-hybridized carbons (Fsp3) is 0.833. The molecule has 0 saturated carbocycles. The van der Waals surface area contributed by atoms with Crippen molar-refractivity contribution in [2.75, 3.05) is 32.9 Å². The Labute approximate surface area is 124 Å². The number of nitrogens with zero attached hydrogens (tertiary/aromatic N) is 2. The minimum atomic E-state index is -0.267. The lowest BCUT2D eigenvalue weighted by Gasteiger charge is -2.31. The molecule has 110 valence electrons. The van der Waals surface area contributed by atoms with E-state index in [9.17, 15) is 9.59 Å². The van der Waals surface area contributed by atoms with E-state index in [1.165, 1.54) is 0 Å². The van der Waals surface area contributed by atoms with E-state index in [4.69, 9.17) is 0 Å². The molecule has 0 spiro atoms. The summed E-state index contributed by atoms with van der Waals surface area (Å²) in [6.07, 6.45) is 1.44. The van der Waals surface area contributed by atoms with Crippen LogP contribution in [0.2, 0.25) is 0 Å². The Hall–Kier alpha value is -0.460. The van der Waals surface area contributed by atoms with Crippen molar-refractivity contribution in [1.29, 1.82) is 0 Å². The Morgan fingerprint density at radius 1 is 1.63 bits per heavy atom. The number of likely N-dealkylation sites (N-methyl/N-ethyl adjacent to an activating group) is 2. The first-order valence-corrected chi connectivity index (χ1v) is 7.34. The van der Waals surface area contributed by atoms with Crippen molar-refractivity contribution in [3.05, 3.63) is 0 Å². The lowest BCUT2D eigenvalue weighted by molar-refractivity contribution is -0.142. The Morgan fingerprint density at radius 2 is 2.32 bits per heavy atom. The van der Waals surface area contributed by atoms with Crippen LogP contribution in [0.15, 0.2) is 0 Å². The number of nitrogens with one attached hydrogen (secondary N) is 1. The summed E-state index contributed by atoms with van der Waals surface area (Å²) >= 11 is 1.74. The highest BCUT2D eigenvalue weighted by molar-refractivity contribution is 8.01. The summed E-state index contributed by atoms with van der Waals surface area (Å²) in [5, 5.41) is 3.03. The maximum atomic E-state index is 12.4. The van der Waals surface area contributed by atoms with Crippen molar-refractivity contribution in [3.63, 3.8) is 0 Å². The predicted molar refractivity (Wildman–Crippen MR) is 79.5 cm³/mol. The van der Waals surface area contributed by atoms with Crippen LogP contribution in [0.1, 0.15) is 19.8 Å². The molecule has 0 aromatic carbocycles. The largest absolute Gasteiger partial charge is 0.343 e. The summed E-state index contributed by atoms with van der Waals surface area (Å²) in [5.41, 5.74) is 0. The van der Waals surface area contributed by atoms with E-state index < -0.39 is 0 Å². The first kappa shape index (κ1) is 16.6. The van der Waals surface area contributed by atoms with Gasteiger partial charge in [0, 0.05) is 32.3 Å². The average Bonchev–Trinajstić information content (AvgIpc) is 2.83. The summed E-state index contributed by atoms with van der Waals surface area (Å²) < 4.78 is 0. The maximum absolute atomic E-state index is 12.4. The van der Waals surface area contributed by atoms with Gasteiger partial charge in [0.2, 0.25) is 11.8 Å². The number of hydrogen-bond acceptors (Lipinski definition) is 4. The molecule has 2 unspecified atom stereocenters. The van der Waals surface area contributed by atoms with Crippen LogP contribution >= 0.6 is 24.2 Å². The van der Waals surface area contributed by atoms with Crippen molar-refractivity contribution in [3.8, 4) is 0 Å². The van der Waals surface area contributed by atoms with Crippen LogP contribution in [0.25, 0.3) is 0 Å². The highest BCUT2D eigenvalue weighted by Gasteiger charge is 2.53.